The van der Waals surface area contributed by atoms with Crippen LogP contribution in [0.25, 0.3) is 26.4 Å². The third kappa shape index (κ3) is 4.80. The molecule has 0 radical (unpaired) electrons. The Bertz CT molecular complexity index is 1360. The lowest BCUT2D eigenvalue weighted by molar-refractivity contribution is 0.0977. The second kappa shape index (κ2) is 9.84. The lowest BCUT2D eigenvalue weighted by atomic mass is 9.98. The van der Waals surface area contributed by atoms with E-state index in [9.17, 15) is 4.79 Å². The SMILES string of the molecule is NCc1ccc(-c2cn3c(n2)sc2cc(C(=O)CCCCN4CCCCC4)ccc23)c(C2CC2)c1. The highest BCUT2D eigenvalue weighted by molar-refractivity contribution is 7.23. The molecule has 2 aromatic carbocycles. The van der Waals surface area contributed by atoms with Crippen LogP contribution in [0.2, 0.25) is 0 Å². The molecule has 2 N–H and O–H groups in total. The number of thiazole rings is 1. The summed E-state index contributed by atoms with van der Waals surface area (Å²) in [5.41, 5.74) is 12.7. The summed E-state index contributed by atoms with van der Waals surface area (Å²) in [7, 11) is 0. The maximum atomic E-state index is 12.9. The average Bonchev–Trinajstić information content (AvgIpc) is 3.58. The van der Waals surface area contributed by atoms with Crippen LogP contribution in [0.4, 0.5) is 0 Å². The van der Waals surface area contributed by atoms with Crippen molar-refractivity contribution >= 4 is 32.3 Å². The summed E-state index contributed by atoms with van der Waals surface area (Å²) < 4.78 is 3.30. The number of imidazole rings is 1. The van der Waals surface area contributed by atoms with Crippen molar-refractivity contribution in [3.8, 4) is 11.3 Å². The molecule has 1 aliphatic heterocycles. The third-order valence-electron chi connectivity index (χ3n) is 7.64. The summed E-state index contributed by atoms with van der Waals surface area (Å²) >= 11 is 1.67. The topological polar surface area (TPSA) is 63.6 Å². The number of hydrogen-bond acceptors (Lipinski definition) is 5. The number of rotatable bonds is 9. The number of piperidine rings is 1. The van der Waals surface area contributed by atoms with E-state index >= 15 is 0 Å². The number of nitrogens with two attached hydrogens (primary N) is 1. The van der Waals surface area contributed by atoms with Gasteiger partial charge in [-0.3, -0.25) is 9.20 Å². The molecule has 1 aliphatic carbocycles. The predicted molar refractivity (Wildman–Crippen MR) is 144 cm³/mol. The Hall–Kier alpha value is -2.54. The molecule has 0 bridgehead atoms. The van der Waals surface area contributed by atoms with Crippen LogP contribution in [0.1, 0.15) is 78.8 Å². The van der Waals surface area contributed by atoms with E-state index in [1.54, 1.807) is 11.3 Å². The maximum absolute atomic E-state index is 12.9. The van der Waals surface area contributed by atoms with Gasteiger partial charge in [0.1, 0.15) is 0 Å². The number of Topliss-reactive ketones (excluding diaryl/α,β-unsaturated/α-hetero) is 1. The van der Waals surface area contributed by atoms with E-state index in [-0.39, 0.29) is 5.78 Å². The quantitative estimate of drug-likeness (QED) is 0.220. The van der Waals surface area contributed by atoms with Crippen LogP contribution < -0.4 is 5.73 Å². The summed E-state index contributed by atoms with van der Waals surface area (Å²) in [4.78, 5) is 21.4. The predicted octanol–water partition coefficient (Wildman–Crippen LogP) is 6.39. The molecule has 3 heterocycles. The molecule has 0 amide bonds. The number of carbonyl (C=O) groups is 1. The molecule has 0 unspecified atom stereocenters. The summed E-state index contributed by atoms with van der Waals surface area (Å²) in [6.45, 7) is 4.16. The molecule has 1 saturated carbocycles. The van der Waals surface area contributed by atoms with Gasteiger partial charge in [-0.2, -0.15) is 0 Å². The number of carbonyl (C=O) groups excluding carboxylic acids is 1. The van der Waals surface area contributed by atoms with E-state index in [2.05, 4.69) is 45.8 Å². The number of fused-ring (bicyclic) bond motifs is 3. The summed E-state index contributed by atoms with van der Waals surface area (Å²) in [5.74, 6) is 0.896. The first-order chi connectivity index (χ1) is 17.2. The number of likely N-dealkylation sites (tertiary alicyclic amines) is 1. The Balaban J connectivity index is 1.17. The smallest absolute Gasteiger partial charge is 0.195 e. The monoisotopic (exact) mass is 486 g/mol. The van der Waals surface area contributed by atoms with Gasteiger partial charge < -0.3 is 10.6 Å². The maximum Gasteiger partial charge on any atom is 0.195 e. The fourth-order valence-electron chi connectivity index (χ4n) is 5.46. The Kier molecular flexibility index (Phi) is 6.44. The first-order valence-electron chi connectivity index (χ1n) is 13.2. The van der Waals surface area contributed by atoms with Crippen LogP contribution in [0, 0.1) is 0 Å². The van der Waals surface area contributed by atoms with Crippen molar-refractivity contribution < 1.29 is 4.79 Å². The second-order valence-corrected chi connectivity index (χ2v) is 11.3. The molecule has 1 saturated heterocycles. The van der Waals surface area contributed by atoms with E-state index in [0.29, 0.717) is 18.9 Å². The molecule has 6 rings (SSSR count). The summed E-state index contributed by atoms with van der Waals surface area (Å²) in [6.07, 6.45) is 11.4. The van der Waals surface area contributed by atoms with Crippen LogP contribution in [-0.4, -0.2) is 39.7 Å². The Morgan fingerprint density at radius 1 is 1.06 bits per heavy atom. The van der Waals surface area contributed by atoms with E-state index in [1.807, 2.05) is 6.07 Å². The fourth-order valence-corrected chi connectivity index (χ4v) is 6.50. The molecule has 0 spiro atoms. The Labute approximate surface area is 211 Å². The van der Waals surface area contributed by atoms with E-state index < -0.39 is 0 Å². The molecule has 5 nitrogen and oxygen atoms in total. The van der Waals surface area contributed by atoms with E-state index in [0.717, 1.165) is 45.8 Å². The highest BCUT2D eigenvalue weighted by Gasteiger charge is 2.27. The Morgan fingerprint density at radius 3 is 2.71 bits per heavy atom. The summed E-state index contributed by atoms with van der Waals surface area (Å²) in [5, 5.41) is 0. The number of unbranched alkanes of at least 4 members (excludes halogenated alkanes) is 1. The fraction of sp³-hybridized carbons (Fsp3) is 0.448. The first-order valence-corrected chi connectivity index (χ1v) is 14.0. The van der Waals surface area contributed by atoms with Crippen molar-refractivity contribution in [2.75, 3.05) is 19.6 Å². The van der Waals surface area contributed by atoms with Gasteiger partial charge in [-0.25, -0.2) is 4.98 Å². The van der Waals surface area contributed by atoms with Gasteiger partial charge in [0.05, 0.1) is 15.9 Å². The largest absolute Gasteiger partial charge is 0.326 e. The van der Waals surface area contributed by atoms with Crippen molar-refractivity contribution in [3.05, 3.63) is 59.3 Å². The average molecular weight is 487 g/mol. The molecule has 6 heteroatoms. The molecule has 2 aromatic heterocycles. The van der Waals surface area contributed by atoms with Gasteiger partial charge in [0.25, 0.3) is 0 Å². The van der Waals surface area contributed by atoms with Gasteiger partial charge in [-0.15, -0.1) is 0 Å². The van der Waals surface area contributed by atoms with Crippen LogP contribution in [0.5, 0.6) is 0 Å². The number of hydrogen-bond donors (Lipinski definition) is 1. The van der Waals surface area contributed by atoms with Gasteiger partial charge >= 0.3 is 0 Å². The van der Waals surface area contributed by atoms with Gasteiger partial charge in [0, 0.05) is 30.3 Å². The molecule has 4 aromatic rings. The molecule has 0 atom stereocenters. The van der Waals surface area contributed by atoms with Gasteiger partial charge in [-0.05, 0) is 93.4 Å². The molecule has 2 aliphatic rings. The van der Waals surface area contributed by atoms with E-state index in [1.165, 1.54) is 61.9 Å². The number of ketones is 1. The lowest BCUT2D eigenvalue weighted by Crippen LogP contribution is -2.30. The Morgan fingerprint density at radius 2 is 1.91 bits per heavy atom. The minimum atomic E-state index is 0.256. The zero-order valence-corrected chi connectivity index (χ0v) is 21.2. The zero-order valence-electron chi connectivity index (χ0n) is 20.3. The van der Waals surface area contributed by atoms with Crippen molar-refractivity contribution in [3.63, 3.8) is 0 Å². The first kappa shape index (κ1) is 22.9. The van der Waals surface area contributed by atoms with Crippen molar-refractivity contribution in [1.82, 2.24) is 14.3 Å². The highest BCUT2D eigenvalue weighted by atomic mass is 32.1. The lowest BCUT2D eigenvalue weighted by Gasteiger charge is -2.26. The van der Waals surface area contributed by atoms with Crippen molar-refractivity contribution in [2.45, 2.75) is 63.8 Å². The standard InChI is InChI=1S/C29H34N4OS/c30-18-20-7-11-23(24(16-20)21-8-9-21)25-19-33-26-12-10-22(17-28(26)35-29(33)31-25)27(34)6-2-5-15-32-13-3-1-4-14-32/h7,10-12,16-17,19,21H,1-6,8-9,13-15,18,30H2. The molecular formula is C29H34N4OS. The van der Waals surface area contributed by atoms with Crippen LogP contribution in [0.3, 0.4) is 0 Å². The van der Waals surface area contributed by atoms with Crippen LogP contribution in [-0.2, 0) is 6.54 Å². The van der Waals surface area contributed by atoms with E-state index in [4.69, 9.17) is 10.7 Å². The molecular weight excluding hydrogens is 452 g/mol. The second-order valence-electron chi connectivity index (χ2n) is 10.2. The third-order valence-corrected chi connectivity index (χ3v) is 8.66. The van der Waals surface area contributed by atoms with Crippen LogP contribution >= 0.6 is 11.3 Å². The molecule has 2 fully saturated rings. The highest BCUT2D eigenvalue weighted by Crippen LogP contribution is 2.45. The van der Waals surface area contributed by atoms with Crippen LogP contribution in [0.15, 0.2) is 42.6 Å². The summed E-state index contributed by atoms with van der Waals surface area (Å²) in [6, 6.07) is 12.7. The molecule has 35 heavy (non-hydrogen) atoms. The minimum Gasteiger partial charge on any atom is -0.326 e. The van der Waals surface area contributed by atoms with Gasteiger partial charge in [0.15, 0.2) is 10.7 Å². The normalized spacial score (nSPS) is 16.9. The zero-order chi connectivity index (χ0) is 23.8. The van der Waals surface area contributed by atoms with Gasteiger partial charge in [-0.1, -0.05) is 36.0 Å². The van der Waals surface area contributed by atoms with Crippen molar-refractivity contribution in [1.29, 1.82) is 0 Å². The van der Waals surface area contributed by atoms with Gasteiger partial charge in [0.2, 0.25) is 0 Å². The number of benzene rings is 2. The molecule has 182 valence electrons. The number of nitrogens with zero attached hydrogens (tertiary/aromatic N) is 3. The number of aromatic nitrogens is 2. The van der Waals surface area contributed by atoms with Crippen molar-refractivity contribution in [2.24, 2.45) is 5.73 Å². The minimum absolute atomic E-state index is 0.256.